The molecule has 4 nitrogen and oxygen atoms in total. The molecule has 0 aromatic heterocycles. The number of hydrogen-bond donors (Lipinski definition) is 2. The van der Waals surface area contributed by atoms with Crippen LogP contribution in [-0.4, -0.2) is 27.3 Å². The summed E-state index contributed by atoms with van der Waals surface area (Å²) in [5.41, 5.74) is 0. The van der Waals surface area contributed by atoms with Gasteiger partial charge in [0.25, 0.3) is 0 Å². The third-order valence-corrected chi connectivity index (χ3v) is 4.15. The highest BCUT2D eigenvalue weighted by Gasteiger charge is 2.16. The molecular weight excluding hydrogens is 246 g/mol. The monoisotopic (exact) mass is 261 g/mol. The molecule has 1 rings (SSSR count). The summed E-state index contributed by atoms with van der Waals surface area (Å²) in [6, 6.07) is 6.04. The predicted octanol–water partition coefficient (Wildman–Crippen LogP) is 1.29. The number of benzene rings is 1. The Morgan fingerprint density at radius 2 is 1.94 bits per heavy atom. The first kappa shape index (κ1) is 13.3. The van der Waals surface area contributed by atoms with Gasteiger partial charge in [-0.25, -0.2) is 13.1 Å². The Labute approximate surface area is 101 Å². The zero-order chi connectivity index (χ0) is 12.2. The second-order valence-electron chi connectivity index (χ2n) is 3.38. The quantitative estimate of drug-likeness (QED) is 0.785. The van der Waals surface area contributed by atoms with Gasteiger partial charge in [0.1, 0.15) is 5.75 Å². The van der Waals surface area contributed by atoms with E-state index in [1.807, 2.05) is 0 Å². The van der Waals surface area contributed by atoms with Gasteiger partial charge in [0.05, 0.1) is 12.0 Å². The number of ether oxygens (including phenoxy) is 1. The van der Waals surface area contributed by atoms with Gasteiger partial charge in [0.2, 0.25) is 10.0 Å². The Balaban J connectivity index is 2.90. The SMILES string of the molecule is COc1ccc(S(=O)(=O)NC(C)CS)cc1. The van der Waals surface area contributed by atoms with Crippen LogP contribution in [0.5, 0.6) is 5.75 Å². The molecule has 90 valence electrons. The minimum absolute atomic E-state index is 0.199. The molecule has 1 N–H and O–H groups in total. The van der Waals surface area contributed by atoms with Crippen molar-refractivity contribution in [1.29, 1.82) is 0 Å². The number of methoxy groups -OCH3 is 1. The highest BCUT2D eigenvalue weighted by atomic mass is 32.2. The van der Waals surface area contributed by atoms with Crippen LogP contribution in [0.4, 0.5) is 0 Å². The lowest BCUT2D eigenvalue weighted by molar-refractivity contribution is 0.414. The maximum atomic E-state index is 11.8. The summed E-state index contributed by atoms with van der Waals surface area (Å²) in [5, 5.41) is 0. The molecule has 0 radical (unpaired) electrons. The Kier molecular flexibility index (Phi) is 4.64. The smallest absolute Gasteiger partial charge is 0.240 e. The van der Waals surface area contributed by atoms with Crippen molar-refractivity contribution in [2.75, 3.05) is 12.9 Å². The average molecular weight is 261 g/mol. The largest absolute Gasteiger partial charge is 0.497 e. The third-order valence-electron chi connectivity index (χ3n) is 2.00. The van der Waals surface area contributed by atoms with E-state index in [1.54, 1.807) is 19.1 Å². The molecule has 0 aliphatic rings. The number of sulfonamides is 1. The number of hydrogen-bond acceptors (Lipinski definition) is 4. The Morgan fingerprint density at radius 3 is 2.38 bits per heavy atom. The van der Waals surface area contributed by atoms with Crippen LogP contribution < -0.4 is 9.46 Å². The fourth-order valence-corrected chi connectivity index (χ4v) is 2.58. The van der Waals surface area contributed by atoms with Gasteiger partial charge in [-0.2, -0.15) is 12.6 Å². The zero-order valence-corrected chi connectivity index (χ0v) is 10.9. The molecule has 1 aromatic rings. The van der Waals surface area contributed by atoms with E-state index in [0.717, 1.165) is 0 Å². The average Bonchev–Trinajstić information content (AvgIpc) is 2.28. The van der Waals surface area contributed by atoms with E-state index in [0.29, 0.717) is 11.5 Å². The van der Waals surface area contributed by atoms with Gasteiger partial charge in [0.15, 0.2) is 0 Å². The van der Waals surface area contributed by atoms with E-state index >= 15 is 0 Å². The first-order chi connectivity index (χ1) is 7.49. The van der Waals surface area contributed by atoms with Crippen molar-refractivity contribution in [3.63, 3.8) is 0 Å². The van der Waals surface area contributed by atoms with Gasteiger partial charge < -0.3 is 4.74 Å². The molecule has 0 spiro atoms. The molecule has 0 aliphatic carbocycles. The van der Waals surface area contributed by atoms with Gasteiger partial charge in [-0.05, 0) is 31.2 Å². The van der Waals surface area contributed by atoms with Gasteiger partial charge >= 0.3 is 0 Å². The second kappa shape index (κ2) is 5.56. The first-order valence-corrected chi connectivity index (χ1v) is 6.88. The predicted molar refractivity (Wildman–Crippen MR) is 66.6 cm³/mol. The summed E-state index contributed by atoms with van der Waals surface area (Å²) in [5.74, 6) is 1.08. The molecule has 0 fully saturated rings. The lowest BCUT2D eigenvalue weighted by Crippen LogP contribution is -2.33. The van der Waals surface area contributed by atoms with Crippen LogP contribution in [0.3, 0.4) is 0 Å². The summed E-state index contributed by atoms with van der Waals surface area (Å²) in [6.07, 6.45) is 0. The molecule has 0 aliphatic heterocycles. The summed E-state index contributed by atoms with van der Waals surface area (Å²) >= 11 is 4.02. The van der Waals surface area contributed by atoms with E-state index in [9.17, 15) is 8.42 Å². The van der Waals surface area contributed by atoms with Crippen molar-refractivity contribution in [1.82, 2.24) is 4.72 Å². The lowest BCUT2D eigenvalue weighted by atomic mass is 10.3. The van der Waals surface area contributed by atoms with E-state index in [2.05, 4.69) is 17.4 Å². The standard InChI is InChI=1S/C10H15NO3S2/c1-8(7-15)11-16(12,13)10-5-3-9(14-2)4-6-10/h3-6,8,11,15H,7H2,1-2H3. The first-order valence-electron chi connectivity index (χ1n) is 4.77. The lowest BCUT2D eigenvalue weighted by Gasteiger charge is -2.11. The third kappa shape index (κ3) is 3.40. The Morgan fingerprint density at radius 1 is 1.38 bits per heavy atom. The second-order valence-corrected chi connectivity index (χ2v) is 5.46. The molecule has 0 saturated carbocycles. The van der Waals surface area contributed by atoms with Crippen molar-refractivity contribution in [3.8, 4) is 5.75 Å². The van der Waals surface area contributed by atoms with E-state index in [-0.39, 0.29) is 10.9 Å². The van der Waals surface area contributed by atoms with E-state index in [1.165, 1.54) is 19.2 Å². The number of rotatable bonds is 5. The molecule has 6 heteroatoms. The molecule has 0 bridgehead atoms. The van der Waals surface area contributed by atoms with Crippen LogP contribution in [0.25, 0.3) is 0 Å². The van der Waals surface area contributed by atoms with Crippen molar-refractivity contribution < 1.29 is 13.2 Å². The fraction of sp³-hybridized carbons (Fsp3) is 0.400. The Bertz CT molecular complexity index is 428. The number of thiol groups is 1. The molecule has 16 heavy (non-hydrogen) atoms. The van der Waals surface area contributed by atoms with Crippen molar-refractivity contribution >= 4 is 22.7 Å². The molecule has 1 unspecified atom stereocenters. The normalized spacial score (nSPS) is 13.4. The van der Waals surface area contributed by atoms with E-state index in [4.69, 9.17) is 4.74 Å². The van der Waals surface area contributed by atoms with E-state index < -0.39 is 10.0 Å². The zero-order valence-electron chi connectivity index (χ0n) is 9.17. The molecular formula is C10H15NO3S2. The highest BCUT2D eigenvalue weighted by Crippen LogP contribution is 2.15. The molecule has 1 aromatic carbocycles. The van der Waals surface area contributed by atoms with Crippen LogP contribution in [0, 0.1) is 0 Å². The van der Waals surface area contributed by atoms with Crippen LogP contribution in [-0.2, 0) is 10.0 Å². The van der Waals surface area contributed by atoms with Crippen LogP contribution in [0.1, 0.15) is 6.92 Å². The fourth-order valence-electron chi connectivity index (χ4n) is 1.13. The van der Waals surface area contributed by atoms with Crippen LogP contribution in [0.2, 0.25) is 0 Å². The summed E-state index contributed by atoms with van der Waals surface area (Å²) in [7, 11) is -1.92. The summed E-state index contributed by atoms with van der Waals surface area (Å²) < 4.78 is 31.1. The van der Waals surface area contributed by atoms with Gasteiger partial charge in [-0.3, -0.25) is 0 Å². The summed E-state index contributed by atoms with van der Waals surface area (Å²) in [6.45, 7) is 1.76. The highest BCUT2D eigenvalue weighted by molar-refractivity contribution is 7.89. The maximum Gasteiger partial charge on any atom is 0.240 e. The molecule has 0 amide bonds. The maximum absolute atomic E-state index is 11.8. The van der Waals surface area contributed by atoms with Crippen LogP contribution >= 0.6 is 12.6 Å². The van der Waals surface area contributed by atoms with Gasteiger partial charge in [-0.1, -0.05) is 0 Å². The topological polar surface area (TPSA) is 55.4 Å². The molecule has 1 atom stereocenters. The molecule has 0 heterocycles. The summed E-state index contributed by atoms with van der Waals surface area (Å²) in [4.78, 5) is 0.224. The van der Waals surface area contributed by atoms with Gasteiger partial charge in [-0.15, -0.1) is 0 Å². The van der Waals surface area contributed by atoms with Crippen molar-refractivity contribution in [3.05, 3.63) is 24.3 Å². The minimum atomic E-state index is -3.45. The Hall–Kier alpha value is -0.720. The molecule has 0 saturated heterocycles. The number of nitrogens with one attached hydrogen (secondary N) is 1. The van der Waals surface area contributed by atoms with Crippen LogP contribution in [0.15, 0.2) is 29.2 Å². The van der Waals surface area contributed by atoms with Crippen molar-refractivity contribution in [2.45, 2.75) is 17.9 Å². The van der Waals surface area contributed by atoms with Gasteiger partial charge in [0, 0.05) is 11.8 Å². The minimum Gasteiger partial charge on any atom is -0.497 e. The van der Waals surface area contributed by atoms with Crippen molar-refractivity contribution in [2.24, 2.45) is 0 Å².